The quantitative estimate of drug-likeness (QED) is 0.760. The van der Waals surface area contributed by atoms with Gasteiger partial charge in [-0.05, 0) is 24.6 Å². The molecular weight excluding hydrogens is 242 g/mol. The van der Waals surface area contributed by atoms with E-state index in [0.29, 0.717) is 5.75 Å². The van der Waals surface area contributed by atoms with Crippen LogP contribution in [0.2, 0.25) is 0 Å². The van der Waals surface area contributed by atoms with Crippen molar-refractivity contribution in [3.05, 3.63) is 24.3 Å². The molecule has 0 aromatic heterocycles. The molecule has 1 unspecified atom stereocenters. The van der Waals surface area contributed by atoms with Gasteiger partial charge in [-0.25, -0.2) is 8.42 Å². The maximum Gasteiger partial charge on any atom is 0.180 e. The van der Waals surface area contributed by atoms with Gasteiger partial charge in [0.2, 0.25) is 0 Å². The number of hydrogen-bond donors (Lipinski definition) is 2. The van der Waals surface area contributed by atoms with Crippen LogP contribution in [0.1, 0.15) is 6.42 Å². The largest absolute Gasteiger partial charge is 0.497 e. The summed E-state index contributed by atoms with van der Waals surface area (Å²) in [6.07, 6.45) is 0.267. The van der Waals surface area contributed by atoms with Gasteiger partial charge in [0.25, 0.3) is 0 Å². The van der Waals surface area contributed by atoms with E-state index >= 15 is 0 Å². The Hall–Kier alpha value is -1.11. The lowest BCUT2D eigenvalue weighted by atomic mass is 10.3. The fourth-order valence-electron chi connectivity index (χ4n) is 1.42. The van der Waals surface area contributed by atoms with Gasteiger partial charge in [-0.3, -0.25) is 0 Å². The van der Waals surface area contributed by atoms with Crippen LogP contribution in [-0.4, -0.2) is 39.0 Å². The van der Waals surface area contributed by atoms with Crippen LogP contribution in [-0.2, 0) is 9.84 Å². The van der Waals surface area contributed by atoms with Crippen molar-refractivity contribution >= 4 is 9.84 Å². The molecule has 6 heteroatoms. The number of aliphatic hydroxyl groups excluding tert-OH is 1. The van der Waals surface area contributed by atoms with Gasteiger partial charge >= 0.3 is 0 Å². The molecule has 0 heterocycles. The molecule has 0 aliphatic rings. The zero-order chi connectivity index (χ0) is 12.9. The molecular formula is C11H17NO4S. The Labute approximate surface area is 101 Å². The Morgan fingerprint density at radius 2 is 2.18 bits per heavy atom. The number of hydrogen-bond acceptors (Lipinski definition) is 5. The highest BCUT2D eigenvalue weighted by Crippen LogP contribution is 2.18. The number of aliphatic hydroxyl groups is 1. The Morgan fingerprint density at radius 3 is 2.76 bits per heavy atom. The van der Waals surface area contributed by atoms with Gasteiger partial charge in [0.1, 0.15) is 5.75 Å². The van der Waals surface area contributed by atoms with Crippen LogP contribution in [0.4, 0.5) is 0 Å². The monoisotopic (exact) mass is 259 g/mol. The van der Waals surface area contributed by atoms with Crippen molar-refractivity contribution in [1.82, 2.24) is 0 Å². The molecule has 0 aliphatic carbocycles. The summed E-state index contributed by atoms with van der Waals surface area (Å²) in [5.41, 5.74) is 5.61. The van der Waals surface area contributed by atoms with Gasteiger partial charge in [0.05, 0.1) is 17.8 Å². The molecule has 1 aromatic rings. The molecule has 1 atom stereocenters. The van der Waals surface area contributed by atoms with Crippen LogP contribution >= 0.6 is 0 Å². The Kier molecular flexibility index (Phi) is 4.92. The maximum atomic E-state index is 12.0. The molecule has 1 aromatic carbocycles. The van der Waals surface area contributed by atoms with Crippen LogP contribution in [0.25, 0.3) is 0 Å². The lowest BCUT2D eigenvalue weighted by Gasteiger charge is -2.11. The fourth-order valence-corrected chi connectivity index (χ4v) is 2.93. The van der Waals surface area contributed by atoms with Gasteiger partial charge in [-0.15, -0.1) is 0 Å². The van der Waals surface area contributed by atoms with E-state index in [0.717, 1.165) is 0 Å². The maximum absolute atomic E-state index is 12.0. The first-order valence-corrected chi connectivity index (χ1v) is 6.88. The summed E-state index contributed by atoms with van der Waals surface area (Å²) in [6.45, 7) is -0.116. The third-order valence-corrected chi connectivity index (χ3v) is 4.17. The molecule has 96 valence electrons. The lowest BCUT2D eigenvalue weighted by molar-refractivity contribution is 0.279. The van der Waals surface area contributed by atoms with Crippen molar-refractivity contribution < 1.29 is 18.3 Å². The predicted octanol–water partition coefficient (Wildman–Crippen LogP) is 0.179. The van der Waals surface area contributed by atoms with Crippen molar-refractivity contribution in [2.45, 2.75) is 17.4 Å². The van der Waals surface area contributed by atoms with E-state index in [1.807, 2.05) is 0 Å². The van der Waals surface area contributed by atoms with E-state index in [1.165, 1.54) is 19.2 Å². The third-order valence-electron chi connectivity index (χ3n) is 2.33. The molecule has 17 heavy (non-hydrogen) atoms. The van der Waals surface area contributed by atoms with Gasteiger partial charge < -0.3 is 15.6 Å². The Morgan fingerprint density at radius 1 is 1.47 bits per heavy atom. The second-order valence-electron chi connectivity index (χ2n) is 3.73. The van der Waals surface area contributed by atoms with E-state index in [-0.39, 0.29) is 23.7 Å². The summed E-state index contributed by atoms with van der Waals surface area (Å²) in [5.74, 6) is 0.308. The minimum Gasteiger partial charge on any atom is -0.497 e. The van der Waals surface area contributed by atoms with Gasteiger partial charge in [-0.1, -0.05) is 6.07 Å². The lowest BCUT2D eigenvalue weighted by Crippen LogP contribution is -2.30. The molecule has 0 saturated carbocycles. The van der Waals surface area contributed by atoms with Crippen LogP contribution in [0.5, 0.6) is 5.75 Å². The summed E-state index contributed by atoms with van der Waals surface area (Å²) in [5, 5.41) is 8.69. The van der Waals surface area contributed by atoms with E-state index in [1.54, 1.807) is 12.1 Å². The first-order valence-electron chi connectivity index (χ1n) is 5.23. The number of benzene rings is 1. The van der Waals surface area contributed by atoms with Gasteiger partial charge in [0.15, 0.2) is 9.84 Å². The van der Waals surface area contributed by atoms with E-state index < -0.39 is 15.9 Å². The number of rotatable bonds is 6. The van der Waals surface area contributed by atoms with Gasteiger partial charge in [-0.2, -0.15) is 0 Å². The minimum atomic E-state index is -3.43. The van der Waals surface area contributed by atoms with Crippen LogP contribution in [0.3, 0.4) is 0 Å². The Bertz CT molecular complexity index is 458. The predicted molar refractivity (Wildman–Crippen MR) is 64.7 cm³/mol. The molecule has 5 nitrogen and oxygen atoms in total. The number of methoxy groups -OCH3 is 1. The molecule has 0 amide bonds. The number of nitrogens with two attached hydrogens (primary N) is 1. The van der Waals surface area contributed by atoms with E-state index in [9.17, 15) is 8.42 Å². The SMILES string of the molecule is COc1cccc(S(=O)(=O)CC(N)CCO)c1. The van der Waals surface area contributed by atoms with Crippen molar-refractivity contribution in [3.63, 3.8) is 0 Å². The standard InChI is InChI=1S/C11H17NO4S/c1-16-10-3-2-4-11(7-10)17(14,15)8-9(12)5-6-13/h2-4,7,9,13H,5-6,8,12H2,1H3. The average Bonchev–Trinajstić information content (AvgIpc) is 2.28. The highest BCUT2D eigenvalue weighted by atomic mass is 32.2. The summed E-state index contributed by atoms with van der Waals surface area (Å²) in [4.78, 5) is 0.185. The Balaban J connectivity index is 2.89. The summed E-state index contributed by atoms with van der Waals surface area (Å²) in [6, 6.07) is 5.69. The average molecular weight is 259 g/mol. The van der Waals surface area contributed by atoms with Crippen LogP contribution in [0, 0.1) is 0 Å². The number of sulfone groups is 1. The van der Waals surface area contributed by atoms with Crippen molar-refractivity contribution in [2.24, 2.45) is 5.73 Å². The number of ether oxygens (including phenoxy) is 1. The zero-order valence-corrected chi connectivity index (χ0v) is 10.5. The molecule has 3 N–H and O–H groups in total. The topological polar surface area (TPSA) is 89.6 Å². The van der Waals surface area contributed by atoms with Crippen molar-refractivity contribution in [3.8, 4) is 5.75 Å². The van der Waals surface area contributed by atoms with E-state index in [2.05, 4.69) is 0 Å². The second-order valence-corrected chi connectivity index (χ2v) is 5.77. The van der Waals surface area contributed by atoms with Crippen molar-refractivity contribution in [1.29, 1.82) is 0 Å². The van der Waals surface area contributed by atoms with Crippen molar-refractivity contribution in [2.75, 3.05) is 19.5 Å². The molecule has 0 fully saturated rings. The van der Waals surface area contributed by atoms with Crippen LogP contribution < -0.4 is 10.5 Å². The molecule has 0 bridgehead atoms. The summed E-state index contributed by atoms with van der Waals surface area (Å²) in [7, 11) is -1.95. The first kappa shape index (κ1) is 14.0. The second kappa shape index (κ2) is 6.00. The normalized spacial score (nSPS) is 13.4. The molecule has 0 radical (unpaired) electrons. The third kappa shape index (κ3) is 3.99. The summed E-state index contributed by atoms with van der Waals surface area (Å²) < 4.78 is 28.9. The smallest absolute Gasteiger partial charge is 0.180 e. The zero-order valence-electron chi connectivity index (χ0n) is 9.67. The van der Waals surface area contributed by atoms with Crippen LogP contribution in [0.15, 0.2) is 29.2 Å². The van der Waals surface area contributed by atoms with Gasteiger partial charge in [0, 0.05) is 12.6 Å². The van der Waals surface area contributed by atoms with E-state index in [4.69, 9.17) is 15.6 Å². The molecule has 0 saturated heterocycles. The first-order chi connectivity index (χ1) is 7.99. The summed E-state index contributed by atoms with van der Waals surface area (Å²) >= 11 is 0. The molecule has 0 aliphatic heterocycles. The fraction of sp³-hybridized carbons (Fsp3) is 0.455. The molecule has 1 rings (SSSR count). The minimum absolute atomic E-state index is 0.116. The highest BCUT2D eigenvalue weighted by Gasteiger charge is 2.19. The highest BCUT2D eigenvalue weighted by molar-refractivity contribution is 7.91. The molecule has 0 spiro atoms.